The molecule has 0 rings (SSSR count). The average Bonchev–Trinajstić information content (AvgIpc) is 2.74. The molecule has 0 aromatic heterocycles. The summed E-state index contributed by atoms with van der Waals surface area (Å²) in [7, 11) is 0. The van der Waals surface area contributed by atoms with Gasteiger partial charge in [-0.15, -0.1) is 11.8 Å². The number of amides is 1. The van der Waals surface area contributed by atoms with E-state index in [9.17, 15) is 24.6 Å². The highest BCUT2D eigenvalue weighted by atomic mass is 32.2. The van der Waals surface area contributed by atoms with Gasteiger partial charge in [0.25, 0.3) is 0 Å². The maximum absolute atomic E-state index is 11.3. The number of unbranched alkanes of at least 4 members (excludes halogenated alkanes) is 3. The third-order valence-corrected chi connectivity index (χ3v) is 5.97. The number of carboxylic acids is 2. The zero-order valence-electron chi connectivity index (χ0n) is 19.7. The number of aliphatic hydroxyl groups excluding tert-OH is 1. The topological polar surface area (TPSA) is 124 Å². The smallest absolute Gasteiger partial charge is 0.327 e. The molecular formula is C25H39NO6S. The second-order valence-electron chi connectivity index (χ2n) is 7.64. The summed E-state index contributed by atoms with van der Waals surface area (Å²) in [4.78, 5) is 33.3. The molecule has 0 aliphatic carbocycles. The number of aliphatic carboxylic acids is 2. The SMILES string of the molecule is CCCCCC=CCC=C/C=C/C=C/[C@H](SC[C@@H](NC(C)=O)C(=O)O)[C@H](O)CCCC(=O)O. The lowest BCUT2D eigenvalue weighted by atomic mass is 10.1. The van der Waals surface area contributed by atoms with E-state index in [4.69, 9.17) is 5.11 Å². The Kier molecular flexibility index (Phi) is 18.9. The number of carboxylic acid groups (broad SMARTS) is 2. The summed E-state index contributed by atoms with van der Waals surface area (Å²) in [5, 5.41) is 30.5. The third kappa shape index (κ3) is 18.9. The molecule has 1 amide bonds. The van der Waals surface area contributed by atoms with Crippen molar-refractivity contribution in [1.29, 1.82) is 0 Å². The highest BCUT2D eigenvalue weighted by Crippen LogP contribution is 2.21. The second kappa shape index (κ2) is 20.3. The van der Waals surface area contributed by atoms with Gasteiger partial charge >= 0.3 is 11.9 Å². The molecule has 0 aromatic carbocycles. The minimum Gasteiger partial charge on any atom is -0.481 e. The quantitative estimate of drug-likeness (QED) is 0.122. The van der Waals surface area contributed by atoms with E-state index < -0.39 is 35.2 Å². The summed E-state index contributed by atoms with van der Waals surface area (Å²) in [6.07, 6.45) is 20.9. The van der Waals surface area contributed by atoms with Crippen LogP contribution in [-0.2, 0) is 14.4 Å². The van der Waals surface area contributed by atoms with Crippen molar-refractivity contribution in [2.45, 2.75) is 82.6 Å². The van der Waals surface area contributed by atoms with Crippen LogP contribution in [0.1, 0.15) is 65.2 Å². The van der Waals surface area contributed by atoms with E-state index in [1.807, 2.05) is 24.3 Å². The van der Waals surface area contributed by atoms with Gasteiger partial charge < -0.3 is 20.6 Å². The van der Waals surface area contributed by atoms with Gasteiger partial charge in [-0.2, -0.15) is 0 Å². The Hall–Kier alpha value is -2.32. The Morgan fingerprint density at radius 1 is 0.970 bits per heavy atom. The van der Waals surface area contributed by atoms with Crippen molar-refractivity contribution >= 4 is 29.6 Å². The molecule has 0 spiro atoms. The molecule has 33 heavy (non-hydrogen) atoms. The van der Waals surface area contributed by atoms with E-state index in [1.165, 1.54) is 37.9 Å². The largest absolute Gasteiger partial charge is 0.481 e. The molecule has 186 valence electrons. The maximum Gasteiger partial charge on any atom is 0.327 e. The van der Waals surface area contributed by atoms with Crippen molar-refractivity contribution in [2.24, 2.45) is 0 Å². The van der Waals surface area contributed by atoms with Crippen LogP contribution in [0.2, 0.25) is 0 Å². The number of hydrogen-bond donors (Lipinski definition) is 4. The third-order valence-electron chi connectivity index (χ3n) is 4.58. The molecule has 0 saturated carbocycles. The van der Waals surface area contributed by atoms with Crippen molar-refractivity contribution in [3.8, 4) is 0 Å². The first-order valence-corrected chi connectivity index (χ1v) is 12.5. The van der Waals surface area contributed by atoms with Crippen LogP contribution in [0.25, 0.3) is 0 Å². The predicted octanol–water partition coefficient (Wildman–Crippen LogP) is 4.49. The molecular weight excluding hydrogens is 442 g/mol. The fourth-order valence-electron chi connectivity index (χ4n) is 2.81. The summed E-state index contributed by atoms with van der Waals surface area (Å²) in [5.74, 6) is -2.44. The molecule has 0 saturated heterocycles. The van der Waals surface area contributed by atoms with Gasteiger partial charge in [-0.1, -0.05) is 68.4 Å². The van der Waals surface area contributed by atoms with Crippen LogP contribution in [0.3, 0.4) is 0 Å². The predicted molar refractivity (Wildman–Crippen MR) is 134 cm³/mol. The zero-order chi connectivity index (χ0) is 24.9. The van der Waals surface area contributed by atoms with E-state index in [0.29, 0.717) is 6.42 Å². The molecule has 0 heterocycles. The number of carbonyl (C=O) groups excluding carboxylic acids is 1. The molecule has 3 atom stereocenters. The number of allylic oxidation sites excluding steroid dienone is 7. The van der Waals surface area contributed by atoms with Gasteiger partial charge in [0, 0.05) is 24.3 Å². The first-order valence-electron chi connectivity index (χ1n) is 11.4. The minimum absolute atomic E-state index is 0.0421. The van der Waals surface area contributed by atoms with Crippen LogP contribution >= 0.6 is 11.8 Å². The average molecular weight is 482 g/mol. The van der Waals surface area contributed by atoms with Crippen LogP contribution < -0.4 is 5.32 Å². The first-order chi connectivity index (χ1) is 15.8. The molecule has 0 fully saturated rings. The van der Waals surface area contributed by atoms with Crippen LogP contribution in [0.5, 0.6) is 0 Å². The number of carbonyl (C=O) groups is 3. The monoisotopic (exact) mass is 481 g/mol. The van der Waals surface area contributed by atoms with Gasteiger partial charge in [-0.3, -0.25) is 9.59 Å². The molecule has 0 aliphatic heterocycles. The van der Waals surface area contributed by atoms with Crippen molar-refractivity contribution in [3.63, 3.8) is 0 Å². The lowest BCUT2D eigenvalue weighted by Crippen LogP contribution is -2.42. The molecule has 0 unspecified atom stereocenters. The number of rotatable bonds is 19. The maximum atomic E-state index is 11.3. The van der Waals surface area contributed by atoms with Crippen molar-refractivity contribution in [2.75, 3.05) is 5.75 Å². The fourth-order valence-corrected chi connectivity index (χ4v) is 4.01. The van der Waals surface area contributed by atoms with Gasteiger partial charge in [0.15, 0.2) is 0 Å². The summed E-state index contributed by atoms with van der Waals surface area (Å²) in [6, 6.07) is -1.07. The molecule has 7 nitrogen and oxygen atoms in total. The molecule has 0 radical (unpaired) electrons. The second-order valence-corrected chi connectivity index (χ2v) is 8.85. The standard InChI is InChI=1S/C25H39NO6S/c1-3-4-5-6-7-8-9-10-11-12-13-14-17-23(22(28)16-15-18-24(29)30)33-19-21(25(31)32)26-20(2)27/h7-8,10-14,17,21-23,28H,3-6,9,15-16,18-19H2,1-2H3,(H,26,27)(H,29,30)(H,31,32)/b8-7?,11-10?,13-12+,17-14+/t21-,22-,23+/m1/s1. The van der Waals surface area contributed by atoms with Crippen molar-refractivity contribution in [3.05, 3.63) is 48.6 Å². The Morgan fingerprint density at radius 3 is 2.33 bits per heavy atom. The molecule has 0 aromatic rings. The zero-order valence-corrected chi connectivity index (χ0v) is 20.5. The van der Waals surface area contributed by atoms with Crippen LogP contribution in [-0.4, -0.2) is 56.3 Å². The summed E-state index contributed by atoms with van der Waals surface area (Å²) in [6.45, 7) is 3.44. The Labute approximate surface area is 201 Å². The summed E-state index contributed by atoms with van der Waals surface area (Å²) in [5.41, 5.74) is 0. The lowest BCUT2D eigenvalue weighted by Gasteiger charge is -2.21. The van der Waals surface area contributed by atoms with Gasteiger partial charge in [0.05, 0.1) is 6.10 Å². The Bertz CT molecular complexity index is 686. The van der Waals surface area contributed by atoms with Crippen molar-refractivity contribution < 1.29 is 29.7 Å². The van der Waals surface area contributed by atoms with Gasteiger partial charge in [-0.25, -0.2) is 4.79 Å². The van der Waals surface area contributed by atoms with Gasteiger partial charge in [0.1, 0.15) is 6.04 Å². The highest BCUT2D eigenvalue weighted by Gasteiger charge is 2.23. The molecule has 0 aliphatic rings. The number of thioether (sulfide) groups is 1. The molecule has 4 N–H and O–H groups in total. The number of hydrogen-bond acceptors (Lipinski definition) is 5. The van der Waals surface area contributed by atoms with Gasteiger partial charge in [0.2, 0.25) is 5.91 Å². The normalized spacial score (nSPS) is 14.9. The van der Waals surface area contributed by atoms with Crippen LogP contribution in [0, 0.1) is 0 Å². The van der Waals surface area contributed by atoms with Crippen molar-refractivity contribution in [1.82, 2.24) is 5.32 Å². The number of aliphatic hydroxyl groups is 1. The molecule has 0 bridgehead atoms. The van der Waals surface area contributed by atoms with Gasteiger partial charge in [-0.05, 0) is 32.1 Å². The number of nitrogens with one attached hydrogen (secondary N) is 1. The van der Waals surface area contributed by atoms with E-state index in [2.05, 4.69) is 24.4 Å². The Balaban J connectivity index is 4.78. The van der Waals surface area contributed by atoms with E-state index in [-0.39, 0.29) is 18.6 Å². The van der Waals surface area contributed by atoms with Crippen LogP contribution in [0.4, 0.5) is 0 Å². The van der Waals surface area contributed by atoms with Crippen LogP contribution in [0.15, 0.2) is 48.6 Å². The summed E-state index contributed by atoms with van der Waals surface area (Å²) >= 11 is 1.21. The van der Waals surface area contributed by atoms with E-state index in [0.717, 1.165) is 12.8 Å². The van der Waals surface area contributed by atoms with E-state index >= 15 is 0 Å². The molecule has 8 heteroatoms. The fraction of sp³-hybridized carbons (Fsp3) is 0.560. The van der Waals surface area contributed by atoms with E-state index in [1.54, 1.807) is 12.2 Å². The Morgan fingerprint density at radius 2 is 1.70 bits per heavy atom. The first kappa shape index (κ1) is 30.7. The highest BCUT2D eigenvalue weighted by molar-refractivity contribution is 8.00. The summed E-state index contributed by atoms with van der Waals surface area (Å²) < 4.78 is 0. The minimum atomic E-state index is -1.15. The lowest BCUT2D eigenvalue weighted by molar-refractivity contribution is -0.140.